The van der Waals surface area contributed by atoms with E-state index in [1.54, 1.807) is 6.20 Å². The van der Waals surface area contributed by atoms with Crippen LogP contribution in [0.1, 0.15) is 24.6 Å². The zero-order chi connectivity index (χ0) is 29.4. The van der Waals surface area contributed by atoms with Gasteiger partial charge in [0.2, 0.25) is 6.10 Å². The van der Waals surface area contributed by atoms with Crippen LogP contribution >= 0.6 is 34.7 Å². The number of aliphatic carboxylic acids is 2. The van der Waals surface area contributed by atoms with Crippen LogP contribution in [0.5, 0.6) is 5.75 Å². The Balaban J connectivity index is 1.35. The van der Waals surface area contributed by atoms with Crippen LogP contribution in [0.3, 0.4) is 0 Å². The zero-order valence-corrected chi connectivity index (χ0v) is 23.8. The number of carbonyl (C=O) groups excluding carboxylic acids is 2. The number of pyridine rings is 1. The lowest BCUT2D eigenvalue weighted by Gasteiger charge is -2.49. The molecule has 216 valence electrons. The van der Waals surface area contributed by atoms with E-state index in [2.05, 4.69) is 15.5 Å². The Morgan fingerprint density at radius 2 is 2.20 bits per heavy atom. The summed E-state index contributed by atoms with van der Waals surface area (Å²) in [7, 11) is 0. The highest BCUT2D eigenvalue weighted by Crippen LogP contribution is 2.40. The molecule has 3 aliphatic heterocycles. The van der Waals surface area contributed by atoms with Gasteiger partial charge in [-0.3, -0.25) is 14.5 Å². The van der Waals surface area contributed by atoms with Gasteiger partial charge in [-0.15, -0.1) is 11.8 Å². The van der Waals surface area contributed by atoms with Crippen LogP contribution in [0.15, 0.2) is 34.9 Å². The monoisotopic (exact) mass is 623 g/mol. The van der Waals surface area contributed by atoms with Crippen LogP contribution in [0.25, 0.3) is 0 Å². The number of fused-ring (bicyclic) bond motifs is 2. The number of aromatic nitrogens is 2. The average molecular weight is 624 g/mol. The lowest BCUT2D eigenvalue weighted by Crippen LogP contribution is -2.71. The number of amides is 2. The first-order valence-electron chi connectivity index (χ1n) is 12.3. The van der Waals surface area contributed by atoms with E-state index in [-0.39, 0.29) is 27.4 Å². The van der Waals surface area contributed by atoms with Crippen LogP contribution in [-0.2, 0) is 37.0 Å². The molecule has 0 spiro atoms. The van der Waals surface area contributed by atoms with Crippen LogP contribution in [0.2, 0.25) is 4.34 Å². The summed E-state index contributed by atoms with van der Waals surface area (Å²) in [5, 5.41) is 24.6. The fraction of sp³-hybridized carbons (Fsp3) is 0.375. The number of rotatable bonds is 9. The van der Waals surface area contributed by atoms with Crippen molar-refractivity contribution in [1.29, 1.82) is 0 Å². The molecule has 0 radical (unpaired) electrons. The lowest BCUT2D eigenvalue weighted by atomic mass is 10.0. The Hall–Kier alpha value is -3.89. The molecule has 2 aromatic heterocycles. The summed E-state index contributed by atoms with van der Waals surface area (Å²) in [6, 6.07) is 0.755. The van der Waals surface area contributed by atoms with Crippen molar-refractivity contribution in [3.63, 3.8) is 0 Å². The number of aryl methyl sites for hydroxylation is 1. The van der Waals surface area contributed by atoms with E-state index in [1.165, 1.54) is 18.7 Å². The topological polar surface area (TPSA) is 198 Å². The van der Waals surface area contributed by atoms with Crippen molar-refractivity contribution in [3.05, 3.63) is 45.3 Å². The summed E-state index contributed by atoms with van der Waals surface area (Å²) in [6.45, 7) is 2.12. The number of thioether (sulfide) groups is 1. The molecule has 3 aliphatic rings. The molecule has 14 nitrogen and oxygen atoms in total. The van der Waals surface area contributed by atoms with Gasteiger partial charge in [-0.1, -0.05) is 28.1 Å². The number of thiazole rings is 1. The molecule has 2 amide bonds. The van der Waals surface area contributed by atoms with Crippen molar-refractivity contribution in [2.24, 2.45) is 5.16 Å². The number of oxime groups is 1. The molecule has 0 saturated carbocycles. The maximum absolute atomic E-state index is 13.2. The largest absolute Gasteiger partial charge is 0.493 e. The number of nitrogens with one attached hydrogen (secondary N) is 1. The first-order valence-corrected chi connectivity index (χ1v) is 14.5. The Morgan fingerprint density at radius 3 is 2.88 bits per heavy atom. The SMILES string of the molecule is C[C@H](ON=C(C(=O)N[C@@H]1C(=O)N2C(C(=O)O)=C(C[n+]3ccc4c(c3)CCCO4)CS[C@H]12)c1nc(N)sc1Cl)C(=O)O. The van der Waals surface area contributed by atoms with Gasteiger partial charge in [0.05, 0.1) is 12.2 Å². The number of carbonyl (C=O) groups is 4. The minimum atomic E-state index is -1.40. The molecule has 5 N–H and O–H groups in total. The van der Waals surface area contributed by atoms with E-state index in [4.69, 9.17) is 32.0 Å². The molecule has 3 atom stereocenters. The second kappa shape index (κ2) is 11.5. The molecule has 2 aromatic rings. The van der Waals surface area contributed by atoms with Crippen LogP contribution < -0.4 is 20.4 Å². The molecule has 1 fully saturated rings. The van der Waals surface area contributed by atoms with E-state index in [9.17, 15) is 24.3 Å². The molecule has 0 bridgehead atoms. The highest BCUT2D eigenvalue weighted by Gasteiger charge is 2.55. The van der Waals surface area contributed by atoms with Crippen molar-refractivity contribution in [3.8, 4) is 5.75 Å². The van der Waals surface area contributed by atoms with Crippen LogP contribution in [0.4, 0.5) is 5.13 Å². The smallest absolute Gasteiger partial charge is 0.352 e. The molecule has 41 heavy (non-hydrogen) atoms. The minimum Gasteiger partial charge on any atom is -0.493 e. The Morgan fingerprint density at radius 1 is 1.41 bits per heavy atom. The van der Waals surface area contributed by atoms with Gasteiger partial charge >= 0.3 is 11.9 Å². The summed E-state index contributed by atoms with van der Waals surface area (Å²) < 4.78 is 7.51. The second-order valence-electron chi connectivity index (χ2n) is 9.28. The lowest BCUT2D eigenvalue weighted by molar-refractivity contribution is -0.689. The zero-order valence-electron chi connectivity index (χ0n) is 21.4. The first-order chi connectivity index (χ1) is 19.5. The average Bonchev–Trinajstić information content (AvgIpc) is 3.28. The summed E-state index contributed by atoms with van der Waals surface area (Å²) >= 11 is 8.31. The van der Waals surface area contributed by atoms with Gasteiger partial charge in [-0.2, -0.15) is 0 Å². The number of carboxylic acids is 2. The quantitative estimate of drug-likeness (QED) is 0.132. The Labute approximate surface area is 245 Å². The number of nitrogens with zero attached hydrogens (tertiary/aromatic N) is 4. The molecule has 0 aliphatic carbocycles. The third kappa shape index (κ3) is 5.67. The van der Waals surface area contributed by atoms with E-state index in [1.807, 2.05) is 16.8 Å². The fourth-order valence-electron chi connectivity index (χ4n) is 4.52. The number of hydrogen-bond donors (Lipinski definition) is 4. The van der Waals surface area contributed by atoms with Gasteiger partial charge in [0.25, 0.3) is 11.8 Å². The summed E-state index contributed by atoms with van der Waals surface area (Å²) in [6.07, 6.45) is 4.08. The number of nitrogens with two attached hydrogens (primary N) is 1. The third-order valence-electron chi connectivity index (χ3n) is 6.51. The number of β-lactam (4-membered cyclic amide) rings is 1. The predicted octanol–water partition coefficient (Wildman–Crippen LogP) is 0.624. The number of carboxylic acid groups (broad SMARTS) is 2. The standard InChI is InChI=1S/C24H23ClN6O8S2/c1-10(22(34)35)39-29-15(14-18(25)41-24(26)28-14)19(32)27-16-20(33)31-17(23(36)37)12(9-40-21(16)31)8-30-5-4-13-11(7-30)3-2-6-38-13/h4-5,7,10,16,21H,2-3,6,8-9H2,1H3,(H4-,26,27,28,32,34,35,36,37)/p+1/t10-,16+,21+/m0/s1. The summed E-state index contributed by atoms with van der Waals surface area (Å²) in [5.74, 6) is -3.02. The van der Waals surface area contributed by atoms with Crippen LogP contribution in [-0.4, -0.2) is 79.4 Å². The van der Waals surface area contributed by atoms with Crippen molar-refractivity contribution in [2.75, 3.05) is 18.1 Å². The number of hydrogen-bond acceptors (Lipinski definition) is 11. The van der Waals surface area contributed by atoms with Crippen molar-refractivity contribution < 1.29 is 43.5 Å². The fourth-order valence-corrected chi connectivity index (χ4v) is 6.78. The Bertz CT molecular complexity index is 1510. The van der Waals surface area contributed by atoms with Gasteiger partial charge in [0.15, 0.2) is 29.8 Å². The molecule has 5 rings (SSSR count). The third-order valence-corrected chi connectivity index (χ3v) is 8.93. The molecule has 0 aromatic carbocycles. The maximum atomic E-state index is 13.2. The minimum absolute atomic E-state index is 0.00330. The van der Waals surface area contributed by atoms with E-state index < -0.39 is 47.0 Å². The summed E-state index contributed by atoms with van der Waals surface area (Å²) in [5.41, 5.74) is 6.50. The highest BCUT2D eigenvalue weighted by atomic mass is 35.5. The van der Waals surface area contributed by atoms with Crippen molar-refractivity contribution in [2.45, 2.75) is 43.8 Å². The second-order valence-corrected chi connectivity index (χ2v) is 12.0. The van der Waals surface area contributed by atoms with Gasteiger partial charge in [-0.25, -0.2) is 19.1 Å². The highest BCUT2D eigenvalue weighted by molar-refractivity contribution is 8.00. The maximum Gasteiger partial charge on any atom is 0.352 e. The molecule has 17 heteroatoms. The molecule has 0 unspecified atom stereocenters. The van der Waals surface area contributed by atoms with E-state index >= 15 is 0 Å². The van der Waals surface area contributed by atoms with E-state index in [0.29, 0.717) is 17.9 Å². The normalized spacial score (nSPS) is 20.8. The number of anilines is 1. The number of halogens is 1. The first kappa shape index (κ1) is 28.6. The van der Waals surface area contributed by atoms with Crippen molar-refractivity contribution in [1.82, 2.24) is 15.2 Å². The number of ether oxygens (including phenoxy) is 1. The molecular weight excluding hydrogens is 600 g/mol. The Kier molecular flexibility index (Phi) is 8.06. The molecular formula is C24H24ClN6O8S2+. The van der Waals surface area contributed by atoms with Gasteiger partial charge in [0, 0.05) is 17.4 Å². The van der Waals surface area contributed by atoms with Crippen LogP contribution in [0, 0.1) is 0 Å². The van der Waals surface area contributed by atoms with Gasteiger partial charge in [-0.05, 0) is 19.8 Å². The summed E-state index contributed by atoms with van der Waals surface area (Å²) in [4.78, 5) is 59.9. The predicted molar refractivity (Wildman–Crippen MR) is 146 cm³/mol. The molecule has 1 saturated heterocycles. The van der Waals surface area contributed by atoms with Gasteiger partial charge < -0.3 is 30.8 Å². The molecule has 5 heterocycles. The number of nitrogen functional groups attached to an aromatic ring is 1. The van der Waals surface area contributed by atoms with Gasteiger partial charge in [0.1, 0.15) is 32.9 Å². The van der Waals surface area contributed by atoms with Crippen molar-refractivity contribution >= 4 is 69.3 Å². The van der Waals surface area contributed by atoms with E-state index in [0.717, 1.165) is 40.4 Å².